The smallest absolute Gasteiger partial charge is 0.295 e. The molecule has 0 aliphatic heterocycles. The molecule has 0 spiro atoms. The van der Waals surface area contributed by atoms with Crippen molar-refractivity contribution in [3.05, 3.63) is 209 Å². The van der Waals surface area contributed by atoms with Crippen LogP contribution in [0.4, 0.5) is 56.9 Å². The topological polar surface area (TPSA) is 572 Å². The third-order valence-electron chi connectivity index (χ3n) is 14.1. The lowest BCUT2D eigenvalue weighted by molar-refractivity contribution is -0.435. The predicted octanol–water partition coefficient (Wildman–Crippen LogP) is 13.9. The molecule has 0 aliphatic carbocycles. The standard InChI is InChI=1S/C60H42N10O25S8/c71-70(50-24-10-38(58(32-50)101(87,88)89)4-3-36-6-12-48(30-56(36)99(81,82)83)68-64-44-22-18-42(19-23-44)62-66-46-14-9-40-26-52(97(75,76)77)34-60(54(40)28-46)103(93,94)95)69-49-15-7-37(57(31-49)100(84,85)86)2-1-35-5-11-47(29-55(35)98(78,79)80)67-63-43-20-16-41(17-21-43)61-65-45-13-8-39-25-51(96(72,73)74)33-59(53(39)27-45)102(90,91)92/h1-34H,(H,72,73,74)(H,75,76,77)(H,78,79,80)(H,81,82,83)(H,84,85,86)(H,87,88,89)(H,90,91,92)(H,93,94,95)/b2-1+,4-3+,65-61?,66-62?,67-63?,68-64?,70-69?. The Kier molecular flexibility index (Phi) is 20.8. The lowest BCUT2D eigenvalue weighted by Gasteiger charge is -2.08. The number of hydrogen-bond acceptors (Lipinski definition) is 26. The van der Waals surface area contributed by atoms with Crippen molar-refractivity contribution < 1.29 is 109 Å². The van der Waals surface area contributed by atoms with Crippen molar-refractivity contribution in [2.45, 2.75) is 39.2 Å². The second-order valence-corrected chi connectivity index (χ2v) is 32.4. The Balaban J connectivity index is 0.816. The van der Waals surface area contributed by atoms with Crippen LogP contribution in [0.1, 0.15) is 22.3 Å². The quantitative estimate of drug-likeness (QED) is 0.0103. The summed E-state index contributed by atoms with van der Waals surface area (Å²) in [6.07, 6.45) is 4.08. The average molecular weight is 1560 g/mol. The molecule has 0 atom stereocenters. The first-order valence-electron chi connectivity index (χ1n) is 27.9. The summed E-state index contributed by atoms with van der Waals surface area (Å²) in [5, 5.41) is 49.2. The highest BCUT2D eigenvalue weighted by Crippen LogP contribution is 2.37. The van der Waals surface area contributed by atoms with Crippen LogP contribution in [0.25, 0.3) is 45.8 Å². The maximum atomic E-state index is 13.4. The minimum absolute atomic E-state index is 0.0201. The van der Waals surface area contributed by atoms with Crippen LogP contribution in [0.15, 0.2) is 267 Å². The molecule has 0 fully saturated rings. The van der Waals surface area contributed by atoms with Crippen molar-refractivity contribution in [2.24, 2.45) is 46.0 Å². The summed E-state index contributed by atoms with van der Waals surface area (Å²) in [5.74, 6) is 0. The first-order chi connectivity index (χ1) is 47.9. The van der Waals surface area contributed by atoms with Gasteiger partial charge in [-0.1, -0.05) is 59.5 Å². The second-order valence-electron chi connectivity index (χ2n) is 21.2. The maximum absolute atomic E-state index is 13.4. The molecule has 0 radical (unpaired) electrons. The van der Waals surface area contributed by atoms with Crippen LogP contribution < -0.4 is 0 Å². The van der Waals surface area contributed by atoms with E-state index in [9.17, 15) is 109 Å². The molecule has 0 unspecified atom stereocenters. The summed E-state index contributed by atoms with van der Waals surface area (Å²) >= 11 is 0. The van der Waals surface area contributed by atoms with Gasteiger partial charge < -0.3 is 5.21 Å². The summed E-state index contributed by atoms with van der Waals surface area (Å²) in [7, 11) is -40.2. The van der Waals surface area contributed by atoms with Crippen molar-refractivity contribution in [3.63, 3.8) is 0 Å². The molecule has 0 saturated carbocycles. The van der Waals surface area contributed by atoms with Crippen LogP contribution in [0, 0.1) is 5.21 Å². The van der Waals surface area contributed by atoms with Crippen molar-refractivity contribution in [2.75, 3.05) is 0 Å². The lowest BCUT2D eigenvalue weighted by Crippen LogP contribution is -2.04. The molecule has 0 heterocycles. The highest BCUT2D eigenvalue weighted by Gasteiger charge is 2.26. The van der Waals surface area contributed by atoms with Gasteiger partial charge in [-0.2, -0.15) is 108 Å². The lowest BCUT2D eigenvalue weighted by atomic mass is 10.1. The van der Waals surface area contributed by atoms with Crippen LogP contribution in [0.2, 0.25) is 0 Å². The molecule has 43 heteroatoms. The van der Waals surface area contributed by atoms with E-state index in [1.54, 1.807) is 0 Å². The Bertz CT molecular complexity index is 6420. The molecule has 0 aromatic heterocycles. The number of rotatable bonds is 22. The largest absolute Gasteiger partial charge is 0.594 e. The fraction of sp³-hybridized carbons (Fsp3) is 0. The molecule has 10 rings (SSSR count). The van der Waals surface area contributed by atoms with E-state index in [4.69, 9.17) is 0 Å². The highest BCUT2D eigenvalue weighted by atomic mass is 32.2. The zero-order valence-corrected chi connectivity index (χ0v) is 57.4. The zero-order chi connectivity index (χ0) is 75.0. The fourth-order valence-corrected chi connectivity index (χ4v) is 14.9. The summed E-state index contributed by atoms with van der Waals surface area (Å²) in [6.45, 7) is 0. The first-order valence-corrected chi connectivity index (χ1v) is 39.4. The van der Waals surface area contributed by atoms with Crippen LogP contribution in [0.5, 0.6) is 0 Å². The summed E-state index contributed by atoms with van der Waals surface area (Å²) in [6, 6.07) is 34.2. The third kappa shape index (κ3) is 18.7. The van der Waals surface area contributed by atoms with Gasteiger partial charge in [0.2, 0.25) is 5.69 Å². The molecule has 35 nitrogen and oxygen atoms in total. The number of nitrogens with zero attached hydrogens (tertiary/aromatic N) is 10. The normalized spacial score (nSPS) is 13.5. The number of azo groups is 5. The highest BCUT2D eigenvalue weighted by molar-refractivity contribution is 7.88. The molecular weight excluding hydrogens is 1520 g/mol. The summed E-state index contributed by atoms with van der Waals surface area (Å²) in [5.41, 5.74) is -1.51. The average Bonchev–Trinajstić information content (AvgIpc) is 0.779. The van der Waals surface area contributed by atoms with E-state index in [1.165, 1.54) is 97.1 Å². The van der Waals surface area contributed by atoms with Crippen LogP contribution in [0.3, 0.4) is 0 Å². The van der Waals surface area contributed by atoms with Gasteiger partial charge in [0, 0.05) is 28.0 Å². The minimum Gasteiger partial charge on any atom is -0.594 e. The first kappa shape index (κ1) is 75.0. The van der Waals surface area contributed by atoms with Crippen molar-refractivity contribution in [1.29, 1.82) is 0 Å². The molecule has 8 N–H and O–H groups in total. The molecule has 0 bridgehead atoms. The van der Waals surface area contributed by atoms with Gasteiger partial charge in [0.05, 0.1) is 55.3 Å². The van der Waals surface area contributed by atoms with E-state index in [-0.39, 0.29) is 94.2 Å². The zero-order valence-electron chi connectivity index (χ0n) is 50.9. The molecule has 0 amide bonds. The summed E-state index contributed by atoms with van der Waals surface area (Å²) in [4.78, 5) is -6.72. The fourth-order valence-electron chi connectivity index (χ4n) is 9.42. The third-order valence-corrected chi connectivity index (χ3v) is 21.2. The van der Waals surface area contributed by atoms with Gasteiger partial charge in [0.15, 0.2) is 0 Å². The Hall–Kier alpha value is -10.7. The molecule has 10 aromatic rings. The van der Waals surface area contributed by atoms with E-state index in [1.807, 2.05) is 0 Å². The van der Waals surface area contributed by atoms with Crippen molar-refractivity contribution in [3.8, 4) is 0 Å². The molecule has 0 saturated heterocycles. The molecule has 530 valence electrons. The van der Waals surface area contributed by atoms with Gasteiger partial charge >= 0.3 is 0 Å². The van der Waals surface area contributed by atoms with Gasteiger partial charge in [-0.05, 0) is 173 Å². The molecular formula is C60H42N10O25S8. The van der Waals surface area contributed by atoms with E-state index >= 15 is 0 Å². The van der Waals surface area contributed by atoms with Gasteiger partial charge in [0.25, 0.3) is 80.9 Å². The van der Waals surface area contributed by atoms with Gasteiger partial charge in [-0.3, -0.25) is 36.4 Å². The predicted molar refractivity (Wildman–Crippen MR) is 365 cm³/mol. The van der Waals surface area contributed by atoms with Gasteiger partial charge in [-0.15, -0.1) is 0 Å². The Morgan fingerprint density at radius 2 is 0.495 bits per heavy atom. The van der Waals surface area contributed by atoms with Crippen molar-refractivity contribution >= 4 is 184 Å². The number of benzene rings is 10. The molecule has 103 heavy (non-hydrogen) atoms. The number of hydrogen-bond donors (Lipinski definition) is 8. The van der Waals surface area contributed by atoms with Gasteiger partial charge in [-0.25, -0.2) is 0 Å². The van der Waals surface area contributed by atoms with Crippen LogP contribution in [-0.2, 0) is 80.9 Å². The molecule has 10 aromatic carbocycles. The minimum atomic E-state index is -5.22. The Morgan fingerprint density at radius 3 is 0.796 bits per heavy atom. The summed E-state index contributed by atoms with van der Waals surface area (Å²) < 4.78 is 276. The van der Waals surface area contributed by atoms with E-state index in [0.29, 0.717) is 24.3 Å². The van der Waals surface area contributed by atoms with Gasteiger partial charge in [0.1, 0.15) is 35.1 Å². The van der Waals surface area contributed by atoms with E-state index < -0.39 is 131 Å². The monoisotopic (exact) mass is 1560 g/mol. The second kappa shape index (κ2) is 28.6. The van der Waals surface area contributed by atoms with Crippen molar-refractivity contribution in [1.82, 2.24) is 0 Å². The van der Waals surface area contributed by atoms with E-state index in [0.717, 1.165) is 85.0 Å². The van der Waals surface area contributed by atoms with E-state index in [2.05, 4.69) is 46.0 Å². The molecule has 0 aliphatic rings. The maximum Gasteiger partial charge on any atom is 0.295 e. The number of fused-ring (bicyclic) bond motifs is 2. The van der Waals surface area contributed by atoms with Crippen LogP contribution in [-0.4, -0.2) is 109 Å². The Labute approximate surface area is 582 Å². The SMILES string of the molecule is O=S(=O)(O)c1cc(S(=O)(=O)O)c2cc(N=Nc3ccc(N=Nc4ccc(/C=C/c5ccc(N=[N+]([O-])c6ccc(/C=C/c7ccc(N=Nc8ccc(N=Nc9ccc%10cc(S(=O)(=O)O)cc(S(=O)(=O)O)c%10c9)cc8)cc7S(=O)(=O)O)c(S(=O)(=O)O)c6)cc5S(=O)(=O)O)c(S(=O)(=O)O)c4)cc3)ccc2c1. The van der Waals surface area contributed by atoms with Crippen LogP contribution >= 0.6 is 0 Å². The Morgan fingerprint density at radius 1 is 0.252 bits per heavy atom.